The standard InChI is InChI=1S/C12H13BrN2O5S/c1-21-5-4-10(12(17)18)14-11(16)8-6-7(15(19)20)2-3-9(8)13/h2-3,6,10H,4-5H2,1H3,(H,14,16)(H,17,18)/t10-/m1/s1. The van der Waals surface area contributed by atoms with Gasteiger partial charge in [-0.2, -0.15) is 11.8 Å². The summed E-state index contributed by atoms with van der Waals surface area (Å²) in [6, 6.07) is 2.71. The molecule has 0 fully saturated rings. The molecule has 0 bridgehead atoms. The van der Waals surface area contributed by atoms with Crippen LogP contribution in [0.1, 0.15) is 16.8 Å². The molecule has 0 saturated heterocycles. The molecule has 0 aliphatic carbocycles. The van der Waals surface area contributed by atoms with Crippen LogP contribution in [-0.4, -0.2) is 40.0 Å². The predicted molar refractivity (Wildman–Crippen MR) is 82.7 cm³/mol. The monoisotopic (exact) mass is 376 g/mol. The molecule has 0 saturated carbocycles. The van der Waals surface area contributed by atoms with Gasteiger partial charge in [0.05, 0.1) is 10.5 Å². The highest BCUT2D eigenvalue weighted by molar-refractivity contribution is 9.10. The molecule has 1 amide bonds. The Balaban J connectivity index is 2.94. The maximum Gasteiger partial charge on any atom is 0.326 e. The van der Waals surface area contributed by atoms with Crippen molar-refractivity contribution in [1.29, 1.82) is 0 Å². The number of nitrogens with one attached hydrogen (secondary N) is 1. The maximum atomic E-state index is 12.1. The Labute approximate surface area is 133 Å². The van der Waals surface area contributed by atoms with Crippen molar-refractivity contribution in [3.8, 4) is 0 Å². The van der Waals surface area contributed by atoms with Gasteiger partial charge in [0, 0.05) is 16.6 Å². The highest BCUT2D eigenvalue weighted by Gasteiger charge is 2.22. The van der Waals surface area contributed by atoms with Crippen LogP contribution in [0.25, 0.3) is 0 Å². The van der Waals surface area contributed by atoms with E-state index in [4.69, 9.17) is 5.11 Å². The Morgan fingerprint density at radius 1 is 1.52 bits per heavy atom. The van der Waals surface area contributed by atoms with Crippen LogP contribution < -0.4 is 5.32 Å². The zero-order valence-electron chi connectivity index (χ0n) is 11.0. The van der Waals surface area contributed by atoms with E-state index in [-0.39, 0.29) is 17.7 Å². The average molecular weight is 377 g/mol. The molecule has 0 aromatic heterocycles. The number of carboxylic acid groups (broad SMARTS) is 1. The van der Waals surface area contributed by atoms with Crippen LogP contribution in [0.2, 0.25) is 0 Å². The number of non-ortho nitro benzene ring substituents is 1. The molecule has 2 N–H and O–H groups in total. The lowest BCUT2D eigenvalue weighted by atomic mass is 10.1. The fraction of sp³-hybridized carbons (Fsp3) is 0.333. The van der Waals surface area contributed by atoms with E-state index < -0.39 is 22.8 Å². The first kappa shape index (κ1) is 17.4. The number of halogens is 1. The third kappa shape index (κ3) is 5.01. The smallest absolute Gasteiger partial charge is 0.326 e. The maximum absolute atomic E-state index is 12.1. The number of amides is 1. The van der Waals surface area contributed by atoms with E-state index >= 15 is 0 Å². The van der Waals surface area contributed by atoms with Gasteiger partial charge in [-0.1, -0.05) is 0 Å². The van der Waals surface area contributed by atoms with Gasteiger partial charge >= 0.3 is 5.97 Å². The van der Waals surface area contributed by atoms with Crippen molar-refractivity contribution < 1.29 is 19.6 Å². The summed E-state index contributed by atoms with van der Waals surface area (Å²) < 4.78 is 0.361. The van der Waals surface area contributed by atoms with E-state index in [1.807, 2.05) is 6.26 Å². The zero-order valence-corrected chi connectivity index (χ0v) is 13.4. The molecule has 0 spiro atoms. The van der Waals surface area contributed by atoms with Crippen molar-refractivity contribution in [2.24, 2.45) is 0 Å². The number of nitrogens with zero attached hydrogens (tertiary/aromatic N) is 1. The van der Waals surface area contributed by atoms with Crippen LogP contribution in [0, 0.1) is 10.1 Å². The first-order valence-corrected chi connectivity index (χ1v) is 8.02. The molecule has 0 heterocycles. The van der Waals surface area contributed by atoms with E-state index in [0.717, 1.165) is 6.07 Å². The van der Waals surface area contributed by atoms with E-state index in [1.54, 1.807) is 0 Å². The summed E-state index contributed by atoms with van der Waals surface area (Å²) >= 11 is 4.59. The highest BCUT2D eigenvalue weighted by Crippen LogP contribution is 2.22. The quantitative estimate of drug-likeness (QED) is 0.557. The lowest BCUT2D eigenvalue weighted by Gasteiger charge is -2.14. The minimum Gasteiger partial charge on any atom is -0.480 e. The molecule has 21 heavy (non-hydrogen) atoms. The van der Waals surface area contributed by atoms with E-state index in [0.29, 0.717) is 10.2 Å². The second kappa shape index (κ2) is 7.99. The van der Waals surface area contributed by atoms with Gasteiger partial charge in [0.1, 0.15) is 6.04 Å². The highest BCUT2D eigenvalue weighted by atomic mass is 79.9. The second-order valence-electron chi connectivity index (χ2n) is 4.07. The Morgan fingerprint density at radius 2 is 2.19 bits per heavy atom. The summed E-state index contributed by atoms with van der Waals surface area (Å²) in [6.07, 6.45) is 2.10. The fourth-order valence-electron chi connectivity index (χ4n) is 1.53. The topological polar surface area (TPSA) is 110 Å². The first-order chi connectivity index (χ1) is 9.86. The Bertz CT molecular complexity index is 567. The lowest BCUT2D eigenvalue weighted by Crippen LogP contribution is -2.41. The molecule has 0 aliphatic rings. The van der Waals surface area contributed by atoms with Crippen LogP contribution in [0.4, 0.5) is 5.69 Å². The van der Waals surface area contributed by atoms with E-state index in [9.17, 15) is 19.7 Å². The van der Waals surface area contributed by atoms with Crippen molar-refractivity contribution in [2.45, 2.75) is 12.5 Å². The number of carboxylic acids is 1. The molecular formula is C12H13BrN2O5S. The molecule has 0 radical (unpaired) electrons. The molecule has 1 aromatic rings. The molecule has 7 nitrogen and oxygen atoms in total. The number of nitro groups is 1. The van der Waals surface area contributed by atoms with Crippen molar-refractivity contribution >= 4 is 45.3 Å². The third-order valence-corrected chi connectivity index (χ3v) is 3.95. The number of thioether (sulfide) groups is 1. The van der Waals surface area contributed by atoms with Crippen molar-refractivity contribution in [3.63, 3.8) is 0 Å². The molecular weight excluding hydrogens is 364 g/mol. The largest absolute Gasteiger partial charge is 0.480 e. The molecule has 9 heteroatoms. The second-order valence-corrected chi connectivity index (χ2v) is 5.91. The van der Waals surface area contributed by atoms with Crippen LogP contribution in [0.5, 0.6) is 0 Å². The molecule has 0 unspecified atom stereocenters. The Morgan fingerprint density at radius 3 is 2.71 bits per heavy atom. The number of carbonyl (C=O) groups excluding carboxylic acids is 1. The minimum atomic E-state index is -1.14. The minimum absolute atomic E-state index is 0.0274. The predicted octanol–water partition coefficient (Wildman–Crippen LogP) is 2.29. The van der Waals surface area contributed by atoms with Crippen LogP contribution >= 0.6 is 27.7 Å². The van der Waals surface area contributed by atoms with Gasteiger partial charge in [-0.25, -0.2) is 4.79 Å². The number of hydrogen-bond acceptors (Lipinski definition) is 5. The van der Waals surface area contributed by atoms with Gasteiger partial charge in [-0.3, -0.25) is 14.9 Å². The van der Waals surface area contributed by atoms with Gasteiger partial charge in [0.15, 0.2) is 0 Å². The van der Waals surface area contributed by atoms with Gasteiger partial charge in [0.25, 0.3) is 11.6 Å². The summed E-state index contributed by atoms with van der Waals surface area (Å²) in [5, 5.41) is 22.2. The normalized spacial score (nSPS) is 11.7. The molecule has 1 aromatic carbocycles. The number of aliphatic carboxylic acids is 1. The summed E-state index contributed by atoms with van der Waals surface area (Å²) in [5.41, 5.74) is -0.209. The summed E-state index contributed by atoms with van der Waals surface area (Å²) in [6.45, 7) is 0. The molecule has 114 valence electrons. The van der Waals surface area contributed by atoms with Crippen LogP contribution in [-0.2, 0) is 4.79 Å². The summed E-state index contributed by atoms with van der Waals surface area (Å²) in [7, 11) is 0. The van der Waals surface area contributed by atoms with Gasteiger partial charge in [0.2, 0.25) is 0 Å². The van der Waals surface area contributed by atoms with E-state index in [1.165, 1.54) is 23.9 Å². The number of nitro benzene ring substituents is 1. The van der Waals surface area contributed by atoms with Gasteiger partial charge in [-0.05, 0) is 40.4 Å². The Hall–Kier alpha value is -1.61. The number of hydrogen-bond donors (Lipinski definition) is 2. The van der Waals surface area contributed by atoms with Crippen molar-refractivity contribution in [2.75, 3.05) is 12.0 Å². The van der Waals surface area contributed by atoms with Crippen LogP contribution in [0.15, 0.2) is 22.7 Å². The fourth-order valence-corrected chi connectivity index (χ4v) is 2.43. The summed E-state index contributed by atoms with van der Waals surface area (Å²) in [4.78, 5) is 33.3. The first-order valence-electron chi connectivity index (χ1n) is 5.83. The van der Waals surface area contributed by atoms with Crippen molar-refractivity contribution in [3.05, 3.63) is 38.3 Å². The molecule has 1 atom stereocenters. The van der Waals surface area contributed by atoms with E-state index in [2.05, 4.69) is 21.2 Å². The SMILES string of the molecule is CSCC[C@@H](NC(=O)c1cc([N+](=O)[O-])ccc1Br)C(=O)O. The third-order valence-electron chi connectivity index (χ3n) is 2.62. The molecule has 0 aliphatic heterocycles. The number of carbonyl (C=O) groups is 2. The van der Waals surface area contributed by atoms with Gasteiger partial charge < -0.3 is 10.4 Å². The van der Waals surface area contributed by atoms with Crippen molar-refractivity contribution in [1.82, 2.24) is 5.32 Å². The number of rotatable bonds is 7. The Kier molecular flexibility index (Phi) is 6.63. The molecule has 1 rings (SSSR count). The van der Waals surface area contributed by atoms with Crippen LogP contribution in [0.3, 0.4) is 0 Å². The average Bonchev–Trinajstić information content (AvgIpc) is 2.42. The zero-order chi connectivity index (χ0) is 16.0. The lowest BCUT2D eigenvalue weighted by molar-refractivity contribution is -0.384. The van der Waals surface area contributed by atoms with Gasteiger partial charge in [-0.15, -0.1) is 0 Å². The summed E-state index contributed by atoms with van der Waals surface area (Å²) in [5.74, 6) is -1.23. The number of benzene rings is 1.